The third-order valence-corrected chi connectivity index (χ3v) is 2.66. The van der Waals surface area contributed by atoms with Crippen LogP contribution in [0.2, 0.25) is 0 Å². The molecule has 0 heterocycles. The topological polar surface area (TPSA) is 58.2 Å². The van der Waals surface area contributed by atoms with E-state index in [1.165, 1.54) is 0 Å². The van der Waals surface area contributed by atoms with E-state index < -0.39 is 5.41 Å². The fraction of sp³-hybridized carbons (Fsp3) is 0.467. The number of benzene rings is 1. The Morgan fingerprint density at radius 1 is 1.16 bits per heavy atom. The highest BCUT2D eigenvalue weighted by Crippen LogP contribution is 2.11. The average molecular weight is 262 g/mol. The van der Waals surface area contributed by atoms with E-state index >= 15 is 0 Å². The molecule has 0 radical (unpaired) electrons. The minimum atomic E-state index is -0.475. The van der Waals surface area contributed by atoms with Gasteiger partial charge in [-0.25, -0.2) is 0 Å². The van der Waals surface area contributed by atoms with Crippen LogP contribution in [0.1, 0.15) is 31.9 Å². The third-order valence-electron chi connectivity index (χ3n) is 2.66. The first-order valence-corrected chi connectivity index (χ1v) is 6.39. The van der Waals surface area contributed by atoms with Gasteiger partial charge in [-0.3, -0.25) is 9.59 Å². The van der Waals surface area contributed by atoms with E-state index in [1.807, 2.05) is 52.0 Å². The van der Waals surface area contributed by atoms with Crippen LogP contribution in [-0.2, 0) is 16.1 Å². The van der Waals surface area contributed by atoms with Crippen molar-refractivity contribution in [3.05, 3.63) is 35.4 Å². The maximum absolute atomic E-state index is 11.6. The highest BCUT2D eigenvalue weighted by Gasteiger charge is 2.21. The van der Waals surface area contributed by atoms with Crippen molar-refractivity contribution < 1.29 is 9.59 Å². The lowest BCUT2D eigenvalue weighted by molar-refractivity contribution is -0.131. The Balaban J connectivity index is 2.35. The number of nitrogens with one attached hydrogen (secondary N) is 2. The van der Waals surface area contributed by atoms with E-state index in [1.54, 1.807) is 0 Å². The summed E-state index contributed by atoms with van der Waals surface area (Å²) in [6, 6.07) is 7.95. The van der Waals surface area contributed by atoms with Gasteiger partial charge < -0.3 is 10.6 Å². The molecule has 104 valence electrons. The highest BCUT2D eigenvalue weighted by atomic mass is 16.2. The summed E-state index contributed by atoms with van der Waals surface area (Å²) in [4.78, 5) is 23.2. The van der Waals surface area contributed by atoms with E-state index in [0.29, 0.717) is 6.54 Å². The largest absolute Gasteiger partial charge is 0.350 e. The first-order valence-electron chi connectivity index (χ1n) is 6.39. The summed E-state index contributed by atoms with van der Waals surface area (Å²) in [6.45, 7) is 7.94. The molecular formula is C15H22N2O2. The van der Waals surface area contributed by atoms with Crippen molar-refractivity contribution in [1.82, 2.24) is 10.6 Å². The zero-order valence-corrected chi connectivity index (χ0v) is 12.0. The van der Waals surface area contributed by atoms with E-state index in [9.17, 15) is 9.59 Å². The van der Waals surface area contributed by atoms with Gasteiger partial charge in [-0.2, -0.15) is 0 Å². The van der Waals surface area contributed by atoms with Gasteiger partial charge in [-0.05, 0) is 12.5 Å². The number of carbonyl (C=O) groups is 2. The second-order valence-corrected chi connectivity index (χ2v) is 5.70. The Labute approximate surface area is 114 Å². The second kappa shape index (κ2) is 6.36. The molecule has 0 fully saturated rings. The van der Waals surface area contributed by atoms with Gasteiger partial charge in [0.05, 0.1) is 6.54 Å². The molecule has 4 heteroatoms. The van der Waals surface area contributed by atoms with Crippen molar-refractivity contribution >= 4 is 11.8 Å². The Hall–Kier alpha value is -1.84. The maximum atomic E-state index is 11.6. The molecule has 1 aromatic rings. The van der Waals surface area contributed by atoms with Crippen LogP contribution in [0.4, 0.5) is 0 Å². The fourth-order valence-corrected chi connectivity index (χ4v) is 1.51. The number of hydrogen-bond acceptors (Lipinski definition) is 2. The molecule has 0 aromatic heterocycles. The molecule has 0 aliphatic rings. The minimum Gasteiger partial charge on any atom is -0.350 e. The van der Waals surface area contributed by atoms with Gasteiger partial charge in [0.25, 0.3) is 0 Å². The molecule has 0 unspecified atom stereocenters. The molecule has 0 bridgehead atoms. The number of hydrogen-bond donors (Lipinski definition) is 2. The predicted molar refractivity (Wildman–Crippen MR) is 75.5 cm³/mol. The molecule has 0 spiro atoms. The van der Waals surface area contributed by atoms with Gasteiger partial charge >= 0.3 is 0 Å². The van der Waals surface area contributed by atoms with Gasteiger partial charge in [-0.15, -0.1) is 0 Å². The Bertz CT molecular complexity index is 461. The molecule has 2 N–H and O–H groups in total. The first kappa shape index (κ1) is 15.2. The summed E-state index contributed by atoms with van der Waals surface area (Å²) in [7, 11) is 0. The van der Waals surface area contributed by atoms with Gasteiger partial charge in [0, 0.05) is 12.0 Å². The zero-order valence-electron chi connectivity index (χ0n) is 12.0. The molecule has 0 aliphatic heterocycles. The number of rotatable bonds is 4. The van der Waals surface area contributed by atoms with Crippen molar-refractivity contribution in [2.45, 2.75) is 34.2 Å². The first-order chi connectivity index (χ1) is 8.79. The van der Waals surface area contributed by atoms with Gasteiger partial charge in [0.1, 0.15) is 0 Å². The molecule has 2 amide bonds. The quantitative estimate of drug-likeness (QED) is 0.869. The maximum Gasteiger partial charge on any atom is 0.239 e. The monoisotopic (exact) mass is 262 g/mol. The number of aryl methyl sites for hydroxylation is 1. The van der Waals surface area contributed by atoms with Gasteiger partial charge in [0.2, 0.25) is 11.8 Å². The van der Waals surface area contributed by atoms with Crippen LogP contribution in [0.3, 0.4) is 0 Å². The summed E-state index contributed by atoms with van der Waals surface area (Å²) < 4.78 is 0. The molecule has 0 atom stereocenters. The van der Waals surface area contributed by atoms with Crippen molar-refractivity contribution in [1.29, 1.82) is 0 Å². The molecule has 0 aliphatic carbocycles. The minimum absolute atomic E-state index is 0.0158. The van der Waals surface area contributed by atoms with Crippen LogP contribution >= 0.6 is 0 Å². The van der Waals surface area contributed by atoms with Crippen molar-refractivity contribution in [3.63, 3.8) is 0 Å². The summed E-state index contributed by atoms with van der Waals surface area (Å²) in [5.74, 6) is -0.308. The van der Waals surface area contributed by atoms with Crippen LogP contribution in [0, 0.1) is 12.3 Å². The summed E-state index contributed by atoms with van der Waals surface area (Å²) in [6.07, 6.45) is 0. The Kier molecular flexibility index (Phi) is 5.10. The zero-order chi connectivity index (χ0) is 14.5. The number of carbonyl (C=O) groups excluding carboxylic acids is 2. The average Bonchev–Trinajstić information content (AvgIpc) is 2.32. The van der Waals surface area contributed by atoms with Crippen LogP contribution < -0.4 is 10.6 Å². The SMILES string of the molecule is Cc1cccc(CNC(=O)CNC(=O)C(C)(C)C)c1. The Morgan fingerprint density at radius 3 is 2.42 bits per heavy atom. The van der Waals surface area contributed by atoms with Crippen LogP contribution in [0.25, 0.3) is 0 Å². The lowest BCUT2D eigenvalue weighted by Crippen LogP contribution is -2.41. The standard InChI is InChI=1S/C15H22N2O2/c1-11-6-5-7-12(8-11)9-16-13(18)10-17-14(19)15(2,3)4/h5-8H,9-10H2,1-4H3,(H,16,18)(H,17,19). The second-order valence-electron chi connectivity index (χ2n) is 5.70. The smallest absolute Gasteiger partial charge is 0.239 e. The molecule has 0 saturated heterocycles. The molecular weight excluding hydrogens is 240 g/mol. The molecule has 19 heavy (non-hydrogen) atoms. The van der Waals surface area contributed by atoms with Crippen molar-refractivity contribution in [3.8, 4) is 0 Å². The molecule has 1 aromatic carbocycles. The predicted octanol–water partition coefficient (Wildman–Crippen LogP) is 1.77. The summed E-state index contributed by atoms with van der Waals surface area (Å²) in [5, 5.41) is 5.40. The normalized spacial score (nSPS) is 10.9. The van der Waals surface area contributed by atoms with E-state index in [4.69, 9.17) is 0 Å². The lowest BCUT2D eigenvalue weighted by Gasteiger charge is -2.17. The van der Waals surface area contributed by atoms with Gasteiger partial charge in [-0.1, -0.05) is 50.6 Å². The van der Waals surface area contributed by atoms with Crippen LogP contribution in [0.5, 0.6) is 0 Å². The van der Waals surface area contributed by atoms with E-state index in [-0.39, 0.29) is 18.4 Å². The molecule has 0 saturated carbocycles. The van der Waals surface area contributed by atoms with E-state index in [2.05, 4.69) is 10.6 Å². The Morgan fingerprint density at radius 2 is 1.84 bits per heavy atom. The van der Waals surface area contributed by atoms with Gasteiger partial charge in [0.15, 0.2) is 0 Å². The van der Waals surface area contributed by atoms with Crippen LogP contribution in [0.15, 0.2) is 24.3 Å². The van der Waals surface area contributed by atoms with Crippen LogP contribution in [-0.4, -0.2) is 18.4 Å². The molecule has 4 nitrogen and oxygen atoms in total. The fourth-order valence-electron chi connectivity index (χ4n) is 1.51. The molecule has 1 rings (SSSR count). The van der Waals surface area contributed by atoms with E-state index in [0.717, 1.165) is 11.1 Å². The van der Waals surface area contributed by atoms with Crippen molar-refractivity contribution in [2.24, 2.45) is 5.41 Å². The lowest BCUT2D eigenvalue weighted by atomic mass is 9.96. The number of amides is 2. The summed E-state index contributed by atoms with van der Waals surface area (Å²) >= 11 is 0. The van der Waals surface area contributed by atoms with Crippen molar-refractivity contribution in [2.75, 3.05) is 6.54 Å². The highest BCUT2D eigenvalue weighted by molar-refractivity contribution is 5.87. The third kappa shape index (κ3) is 5.55. The summed E-state index contributed by atoms with van der Waals surface area (Å²) in [5.41, 5.74) is 1.74.